The first-order chi connectivity index (χ1) is 13.5. The molecule has 154 valence electrons. The molecular weight excluding hydrogens is 356 g/mol. The molecule has 2 aromatic carbocycles. The van der Waals surface area contributed by atoms with E-state index in [0.29, 0.717) is 12.2 Å². The Hall–Kier alpha value is -2.35. The Labute approximate surface area is 176 Å². The summed E-state index contributed by atoms with van der Waals surface area (Å²) >= 11 is 0. The van der Waals surface area contributed by atoms with E-state index in [4.69, 9.17) is 4.74 Å². The standard InChI is InChI=1S/C27H34O2/c1-8-29-25(28)21-11-9-20(10-12-21)15-18(2)22-17-24-23(16-19(22)3)26(4,5)13-14-27(24,6)7/h9-12,15-17H,8,13-14H2,1-7H3/b18-15-. The van der Waals surface area contributed by atoms with E-state index in [2.05, 4.69) is 59.8 Å². The summed E-state index contributed by atoms with van der Waals surface area (Å²) in [4.78, 5) is 11.9. The number of hydrogen-bond acceptors (Lipinski definition) is 2. The molecule has 0 saturated carbocycles. The molecule has 3 rings (SSSR count). The number of allylic oxidation sites excluding steroid dienone is 1. The molecule has 0 saturated heterocycles. The van der Waals surface area contributed by atoms with Crippen molar-refractivity contribution in [1.29, 1.82) is 0 Å². The van der Waals surface area contributed by atoms with Gasteiger partial charge in [0, 0.05) is 0 Å². The quantitative estimate of drug-likeness (QED) is 0.412. The maximum absolute atomic E-state index is 11.9. The van der Waals surface area contributed by atoms with Crippen molar-refractivity contribution < 1.29 is 9.53 Å². The van der Waals surface area contributed by atoms with Crippen LogP contribution < -0.4 is 0 Å². The highest BCUT2D eigenvalue weighted by Gasteiger charge is 2.37. The van der Waals surface area contributed by atoms with E-state index in [1.165, 1.54) is 40.7 Å². The molecule has 2 heteroatoms. The lowest BCUT2D eigenvalue weighted by Crippen LogP contribution is -2.34. The van der Waals surface area contributed by atoms with Gasteiger partial charge in [-0.1, -0.05) is 58.0 Å². The summed E-state index contributed by atoms with van der Waals surface area (Å²) in [5.41, 5.74) is 8.98. The monoisotopic (exact) mass is 390 g/mol. The number of carbonyl (C=O) groups is 1. The molecule has 0 atom stereocenters. The average molecular weight is 391 g/mol. The third kappa shape index (κ3) is 4.32. The lowest BCUT2D eigenvalue weighted by Gasteiger charge is -2.42. The molecule has 0 amide bonds. The SMILES string of the molecule is CCOC(=O)c1ccc(/C=C(/C)c2cc3c(cc2C)C(C)(C)CCC3(C)C)cc1. The normalized spacial score (nSPS) is 17.6. The van der Waals surface area contributed by atoms with Crippen LogP contribution in [0.1, 0.15) is 92.6 Å². The molecule has 0 fully saturated rings. The predicted octanol–water partition coefficient (Wildman–Crippen LogP) is 7.08. The Balaban J connectivity index is 1.97. The number of carbonyl (C=O) groups excluding carboxylic acids is 1. The van der Waals surface area contributed by atoms with E-state index in [9.17, 15) is 4.79 Å². The summed E-state index contributed by atoms with van der Waals surface area (Å²) in [7, 11) is 0. The minimum Gasteiger partial charge on any atom is -0.462 e. The number of esters is 1. The summed E-state index contributed by atoms with van der Waals surface area (Å²) < 4.78 is 5.07. The molecule has 0 unspecified atom stereocenters. The van der Waals surface area contributed by atoms with E-state index >= 15 is 0 Å². The van der Waals surface area contributed by atoms with Crippen molar-refractivity contribution in [2.45, 2.75) is 72.1 Å². The molecule has 0 N–H and O–H groups in total. The third-order valence-electron chi connectivity index (χ3n) is 6.43. The van der Waals surface area contributed by atoms with Crippen LogP contribution in [0.3, 0.4) is 0 Å². The van der Waals surface area contributed by atoms with Gasteiger partial charge in [-0.15, -0.1) is 0 Å². The minimum absolute atomic E-state index is 0.203. The molecule has 0 radical (unpaired) electrons. The Bertz CT molecular complexity index is 943. The van der Waals surface area contributed by atoms with Crippen molar-refractivity contribution in [2.75, 3.05) is 6.61 Å². The average Bonchev–Trinajstić information content (AvgIpc) is 2.66. The van der Waals surface area contributed by atoms with Crippen molar-refractivity contribution >= 4 is 17.6 Å². The first kappa shape index (κ1) is 21.4. The van der Waals surface area contributed by atoms with Crippen molar-refractivity contribution in [3.05, 3.63) is 69.8 Å². The van der Waals surface area contributed by atoms with E-state index < -0.39 is 0 Å². The Morgan fingerprint density at radius 3 is 2.10 bits per heavy atom. The second kappa shape index (κ2) is 7.82. The zero-order valence-corrected chi connectivity index (χ0v) is 19.0. The maximum atomic E-state index is 11.9. The van der Waals surface area contributed by atoms with E-state index in [1.54, 1.807) is 0 Å². The van der Waals surface area contributed by atoms with Gasteiger partial charge in [0.05, 0.1) is 12.2 Å². The molecule has 0 aromatic heterocycles. The van der Waals surface area contributed by atoms with Crippen LogP contribution in [-0.4, -0.2) is 12.6 Å². The highest BCUT2D eigenvalue weighted by molar-refractivity contribution is 5.90. The Morgan fingerprint density at radius 1 is 1.00 bits per heavy atom. The fraction of sp³-hybridized carbons (Fsp3) is 0.444. The lowest BCUT2D eigenvalue weighted by molar-refractivity contribution is 0.0526. The van der Waals surface area contributed by atoms with Crippen molar-refractivity contribution in [3.63, 3.8) is 0 Å². The van der Waals surface area contributed by atoms with Crippen LogP contribution in [0.5, 0.6) is 0 Å². The fourth-order valence-corrected chi connectivity index (χ4v) is 4.40. The van der Waals surface area contributed by atoms with Crippen LogP contribution in [0.4, 0.5) is 0 Å². The summed E-state index contributed by atoms with van der Waals surface area (Å²) in [6.07, 6.45) is 4.64. The molecule has 1 aliphatic carbocycles. The van der Waals surface area contributed by atoms with Gasteiger partial charge in [0.25, 0.3) is 0 Å². The molecule has 2 aromatic rings. The van der Waals surface area contributed by atoms with E-state index in [-0.39, 0.29) is 16.8 Å². The van der Waals surface area contributed by atoms with Crippen LogP contribution in [0.15, 0.2) is 36.4 Å². The van der Waals surface area contributed by atoms with Crippen molar-refractivity contribution in [3.8, 4) is 0 Å². The lowest BCUT2D eigenvalue weighted by atomic mass is 9.62. The molecule has 2 nitrogen and oxygen atoms in total. The third-order valence-corrected chi connectivity index (χ3v) is 6.43. The van der Waals surface area contributed by atoms with E-state index in [1.807, 2.05) is 31.2 Å². The number of hydrogen-bond donors (Lipinski definition) is 0. The first-order valence-corrected chi connectivity index (χ1v) is 10.7. The second-order valence-corrected chi connectivity index (χ2v) is 9.65. The largest absolute Gasteiger partial charge is 0.462 e. The number of ether oxygens (including phenoxy) is 1. The number of benzene rings is 2. The zero-order chi connectivity index (χ0) is 21.4. The number of fused-ring (bicyclic) bond motifs is 1. The van der Waals surface area contributed by atoms with Crippen LogP contribution in [-0.2, 0) is 15.6 Å². The molecule has 0 spiro atoms. The zero-order valence-electron chi connectivity index (χ0n) is 19.0. The van der Waals surface area contributed by atoms with Crippen LogP contribution in [0.2, 0.25) is 0 Å². The molecular formula is C27H34O2. The van der Waals surface area contributed by atoms with Crippen molar-refractivity contribution in [2.24, 2.45) is 0 Å². The molecule has 0 aliphatic heterocycles. The highest BCUT2D eigenvalue weighted by atomic mass is 16.5. The maximum Gasteiger partial charge on any atom is 0.338 e. The van der Waals surface area contributed by atoms with Gasteiger partial charge in [0.15, 0.2) is 0 Å². The predicted molar refractivity (Wildman–Crippen MR) is 122 cm³/mol. The summed E-state index contributed by atoms with van der Waals surface area (Å²) in [5.74, 6) is -0.268. The van der Waals surface area contributed by atoms with Gasteiger partial charge >= 0.3 is 5.97 Å². The topological polar surface area (TPSA) is 26.3 Å². The summed E-state index contributed by atoms with van der Waals surface area (Å²) in [6, 6.07) is 12.5. The number of rotatable bonds is 4. The first-order valence-electron chi connectivity index (χ1n) is 10.7. The van der Waals surface area contributed by atoms with Gasteiger partial charge in [0.2, 0.25) is 0 Å². The second-order valence-electron chi connectivity index (χ2n) is 9.65. The van der Waals surface area contributed by atoms with E-state index in [0.717, 1.165) is 5.56 Å². The molecule has 29 heavy (non-hydrogen) atoms. The van der Waals surface area contributed by atoms with Crippen molar-refractivity contribution in [1.82, 2.24) is 0 Å². The molecule has 1 aliphatic rings. The van der Waals surface area contributed by atoms with Gasteiger partial charge in [-0.25, -0.2) is 4.79 Å². The smallest absolute Gasteiger partial charge is 0.338 e. The summed E-state index contributed by atoms with van der Waals surface area (Å²) in [6.45, 7) is 16.1. The molecule has 0 bridgehead atoms. The summed E-state index contributed by atoms with van der Waals surface area (Å²) in [5, 5.41) is 0. The minimum atomic E-state index is -0.268. The van der Waals surface area contributed by atoms with Gasteiger partial charge in [-0.2, -0.15) is 0 Å². The fourth-order valence-electron chi connectivity index (χ4n) is 4.40. The van der Waals surface area contributed by atoms with Crippen LogP contribution >= 0.6 is 0 Å². The van der Waals surface area contributed by atoms with Gasteiger partial charge in [-0.3, -0.25) is 0 Å². The van der Waals surface area contributed by atoms with Gasteiger partial charge < -0.3 is 4.74 Å². The van der Waals surface area contributed by atoms with Crippen LogP contribution in [0.25, 0.3) is 11.6 Å². The Morgan fingerprint density at radius 2 is 1.55 bits per heavy atom. The van der Waals surface area contributed by atoms with Gasteiger partial charge in [0.1, 0.15) is 0 Å². The number of aryl methyl sites for hydroxylation is 1. The van der Waals surface area contributed by atoms with Gasteiger partial charge in [-0.05, 0) is 90.0 Å². The molecule has 0 heterocycles. The highest BCUT2D eigenvalue weighted by Crippen LogP contribution is 2.47. The van der Waals surface area contributed by atoms with Crippen LogP contribution in [0, 0.1) is 6.92 Å². The Kier molecular flexibility index (Phi) is 5.76.